The summed E-state index contributed by atoms with van der Waals surface area (Å²) in [7, 11) is -1.68. The van der Waals surface area contributed by atoms with Crippen LogP contribution in [0.1, 0.15) is 48.0 Å². The fourth-order valence-corrected chi connectivity index (χ4v) is 2.56. The highest BCUT2D eigenvalue weighted by atomic mass is 32.2. The minimum Gasteiger partial charge on any atom is -0.444 e. The molecule has 4 N–H and O–H groups in total. The summed E-state index contributed by atoms with van der Waals surface area (Å²) in [6.45, 7) is 12.9. The number of amides is 1. The van der Waals surface area contributed by atoms with Crippen LogP contribution in [0.25, 0.3) is 0 Å². The Morgan fingerprint density at radius 3 is 2.33 bits per heavy atom. The highest BCUT2D eigenvalue weighted by Crippen LogP contribution is 2.11. The molecule has 0 aliphatic rings. The normalized spacial score (nSPS) is 14.0. The van der Waals surface area contributed by atoms with E-state index in [1.54, 1.807) is 0 Å². The number of alkyl carbamates (subject to hydrolysis) is 1. The van der Waals surface area contributed by atoms with Crippen LogP contribution < -0.4 is 15.8 Å². The molecular weight excluding hydrogens is 370 g/mol. The topological polar surface area (TPSA) is 126 Å². The Balaban J connectivity index is 4.81. The van der Waals surface area contributed by atoms with Crippen LogP contribution in [-0.4, -0.2) is 69.4 Å². The van der Waals surface area contributed by atoms with Gasteiger partial charge in [0.1, 0.15) is 5.60 Å². The summed E-state index contributed by atoms with van der Waals surface area (Å²) in [5.74, 6) is 0.624. The zero-order valence-electron chi connectivity index (χ0n) is 17.7. The first-order valence-corrected chi connectivity index (χ1v) is 11.0. The number of hydrogen-bond donors (Lipinski definition) is 3. The minimum absolute atomic E-state index is 0.0606. The molecule has 10 heteroatoms. The Morgan fingerprint density at radius 1 is 1.30 bits per heavy atom. The van der Waals surface area contributed by atoms with Gasteiger partial charge in [-0.3, -0.25) is 4.99 Å². The molecule has 1 unspecified atom stereocenters. The minimum atomic E-state index is -3.54. The van der Waals surface area contributed by atoms with Gasteiger partial charge in [-0.05, 0) is 40.0 Å². The van der Waals surface area contributed by atoms with Gasteiger partial charge < -0.3 is 20.3 Å². The van der Waals surface area contributed by atoms with E-state index in [0.717, 1.165) is 0 Å². The van der Waals surface area contributed by atoms with Crippen LogP contribution >= 0.6 is 0 Å². The molecule has 0 spiro atoms. The number of carbonyl (C=O) groups is 1. The van der Waals surface area contributed by atoms with Gasteiger partial charge in [0.15, 0.2) is 5.96 Å². The number of guanidine groups is 1. The SMILES string of the molecule is CCNC(=NCCS(N)(=O)=O)N(C)CCC(NC(=O)OC(C)(C)C)C(C)C. The van der Waals surface area contributed by atoms with E-state index in [1.165, 1.54) is 0 Å². The maximum atomic E-state index is 12.0. The van der Waals surface area contributed by atoms with E-state index >= 15 is 0 Å². The smallest absolute Gasteiger partial charge is 0.407 e. The lowest BCUT2D eigenvalue weighted by Gasteiger charge is -2.28. The molecule has 0 aliphatic carbocycles. The maximum absolute atomic E-state index is 12.0. The molecule has 0 radical (unpaired) electrons. The molecule has 1 amide bonds. The lowest BCUT2D eigenvalue weighted by atomic mass is 10.0. The summed E-state index contributed by atoms with van der Waals surface area (Å²) in [4.78, 5) is 18.2. The lowest BCUT2D eigenvalue weighted by Crippen LogP contribution is -2.45. The third-order valence-electron chi connectivity index (χ3n) is 3.62. The second-order valence-corrected chi connectivity index (χ2v) is 9.54. The zero-order chi connectivity index (χ0) is 21.3. The average molecular weight is 408 g/mol. The number of sulfonamides is 1. The molecule has 160 valence electrons. The van der Waals surface area contributed by atoms with Crippen LogP contribution in [0.15, 0.2) is 4.99 Å². The Bertz CT molecular complexity index is 585. The highest BCUT2D eigenvalue weighted by Gasteiger charge is 2.22. The van der Waals surface area contributed by atoms with Gasteiger partial charge in [0.25, 0.3) is 0 Å². The number of ether oxygens (including phenoxy) is 1. The van der Waals surface area contributed by atoms with E-state index in [1.807, 2.05) is 53.5 Å². The number of nitrogens with one attached hydrogen (secondary N) is 2. The van der Waals surface area contributed by atoms with E-state index in [-0.39, 0.29) is 24.3 Å². The van der Waals surface area contributed by atoms with Gasteiger partial charge in [-0.1, -0.05) is 13.8 Å². The van der Waals surface area contributed by atoms with Crippen molar-refractivity contribution in [3.05, 3.63) is 0 Å². The van der Waals surface area contributed by atoms with Crippen molar-refractivity contribution < 1.29 is 17.9 Å². The Kier molecular flexibility index (Phi) is 10.7. The summed E-state index contributed by atoms with van der Waals surface area (Å²) in [5.41, 5.74) is -0.545. The van der Waals surface area contributed by atoms with Crippen molar-refractivity contribution in [2.24, 2.45) is 16.0 Å². The molecule has 0 aromatic heterocycles. The van der Waals surface area contributed by atoms with Crippen LogP contribution in [0.5, 0.6) is 0 Å². The fourth-order valence-electron chi connectivity index (χ4n) is 2.22. The van der Waals surface area contributed by atoms with Gasteiger partial charge in [-0.2, -0.15) is 0 Å². The highest BCUT2D eigenvalue weighted by molar-refractivity contribution is 7.89. The summed E-state index contributed by atoms with van der Waals surface area (Å²) in [5, 5.41) is 11.1. The number of nitrogens with zero attached hydrogens (tertiary/aromatic N) is 2. The molecule has 0 saturated carbocycles. The molecule has 0 aliphatic heterocycles. The van der Waals surface area contributed by atoms with Crippen LogP contribution in [0.3, 0.4) is 0 Å². The first-order valence-electron chi connectivity index (χ1n) is 9.24. The molecule has 0 fully saturated rings. The number of hydrogen-bond acceptors (Lipinski definition) is 5. The van der Waals surface area contributed by atoms with Gasteiger partial charge in [-0.15, -0.1) is 0 Å². The lowest BCUT2D eigenvalue weighted by molar-refractivity contribution is 0.0486. The largest absolute Gasteiger partial charge is 0.444 e. The first kappa shape index (κ1) is 25.4. The molecule has 0 bridgehead atoms. The summed E-state index contributed by atoms with van der Waals surface area (Å²) < 4.78 is 27.4. The van der Waals surface area contributed by atoms with Gasteiger partial charge in [-0.25, -0.2) is 18.4 Å². The fraction of sp³-hybridized carbons (Fsp3) is 0.882. The molecule has 0 aromatic carbocycles. The molecule has 0 heterocycles. The standard InChI is InChI=1S/C17H37N5O4S/c1-8-19-15(20-10-12-27(18,24)25)22(7)11-9-14(13(2)3)21-16(23)26-17(4,5)6/h13-14H,8-12H2,1-7H3,(H,19,20)(H,21,23)(H2,18,24,25). The first-order chi connectivity index (χ1) is 12.2. The summed E-state index contributed by atoms with van der Waals surface area (Å²) in [6, 6.07) is -0.0606. The molecule has 0 aromatic rings. The number of primary sulfonamides is 1. The maximum Gasteiger partial charge on any atom is 0.407 e. The second-order valence-electron chi connectivity index (χ2n) is 7.81. The predicted octanol–water partition coefficient (Wildman–Crippen LogP) is 1.11. The van der Waals surface area contributed by atoms with Crippen molar-refractivity contribution in [1.29, 1.82) is 0 Å². The molecular formula is C17H37N5O4S. The monoisotopic (exact) mass is 407 g/mol. The Hall–Kier alpha value is -1.55. The van der Waals surface area contributed by atoms with Crippen LogP contribution in [0.4, 0.5) is 4.79 Å². The van der Waals surface area contributed by atoms with Crippen LogP contribution in [0.2, 0.25) is 0 Å². The van der Waals surface area contributed by atoms with E-state index < -0.39 is 21.7 Å². The van der Waals surface area contributed by atoms with Crippen molar-refractivity contribution in [3.8, 4) is 0 Å². The third kappa shape index (κ3) is 13.3. The third-order valence-corrected chi connectivity index (χ3v) is 4.37. The summed E-state index contributed by atoms with van der Waals surface area (Å²) >= 11 is 0. The van der Waals surface area contributed by atoms with E-state index in [0.29, 0.717) is 25.5 Å². The van der Waals surface area contributed by atoms with E-state index in [2.05, 4.69) is 15.6 Å². The van der Waals surface area contributed by atoms with Crippen molar-refractivity contribution in [2.75, 3.05) is 32.4 Å². The average Bonchev–Trinajstić information content (AvgIpc) is 2.46. The number of rotatable bonds is 9. The summed E-state index contributed by atoms with van der Waals surface area (Å²) in [6.07, 6.45) is 0.255. The van der Waals surface area contributed by atoms with Crippen molar-refractivity contribution >= 4 is 22.1 Å². The van der Waals surface area contributed by atoms with Gasteiger partial charge >= 0.3 is 6.09 Å². The van der Waals surface area contributed by atoms with E-state index in [9.17, 15) is 13.2 Å². The predicted molar refractivity (Wildman–Crippen MR) is 109 cm³/mol. The van der Waals surface area contributed by atoms with Gasteiger partial charge in [0.2, 0.25) is 10.0 Å². The quantitative estimate of drug-likeness (QED) is 0.388. The second kappa shape index (κ2) is 11.3. The molecule has 9 nitrogen and oxygen atoms in total. The molecule has 0 rings (SSSR count). The zero-order valence-corrected chi connectivity index (χ0v) is 18.5. The van der Waals surface area contributed by atoms with Crippen molar-refractivity contribution in [3.63, 3.8) is 0 Å². The van der Waals surface area contributed by atoms with Crippen LogP contribution in [-0.2, 0) is 14.8 Å². The van der Waals surface area contributed by atoms with Gasteiger partial charge in [0.05, 0.1) is 12.3 Å². The van der Waals surface area contributed by atoms with Crippen LogP contribution in [0, 0.1) is 5.92 Å². The van der Waals surface area contributed by atoms with Gasteiger partial charge in [0, 0.05) is 26.2 Å². The molecule has 27 heavy (non-hydrogen) atoms. The molecule has 1 atom stereocenters. The Morgan fingerprint density at radius 2 is 1.89 bits per heavy atom. The molecule has 0 saturated heterocycles. The number of nitrogens with two attached hydrogens (primary N) is 1. The van der Waals surface area contributed by atoms with E-state index in [4.69, 9.17) is 9.88 Å². The van der Waals surface area contributed by atoms with Crippen molar-refractivity contribution in [1.82, 2.24) is 15.5 Å². The number of carbonyl (C=O) groups excluding carboxylic acids is 1. The number of aliphatic imine (C=N–C) groups is 1. The van der Waals surface area contributed by atoms with Crippen molar-refractivity contribution in [2.45, 2.75) is 59.6 Å². The Labute approximate surface area is 164 Å².